The highest BCUT2D eigenvalue weighted by molar-refractivity contribution is 7.99. The predicted molar refractivity (Wildman–Crippen MR) is 81.1 cm³/mol. The molecule has 0 spiro atoms. The Bertz CT molecular complexity index is 329. The third-order valence-electron chi connectivity index (χ3n) is 3.63. The second-order valence-corrected chi connectivity index (χ2v) is 6.10. The topological polar surface area (TPSA) is 46.2 Å². The molecule has 3 N–H and O–H groups in total. The van der Waals surface area contributed by atoms with Gasteiger partial charge in [-0.25, -0.2) is 0 Å². The van der Waals surface area contributed by atoms with E-state index in [0.29, 0.717) is 6.54 Å². The predicted octanol–water partition coefficient (Wildman–Crippen LogP) is 2.80. The number of aliphatic hydroxyl groups is 1. The number of hydrogen-bond donors (Lipinski definition) is 2. The highest BCUT2D eigenvalue weighted by Crippen LogP contribution is 2.32. The van der Waals surface area contributed by atoms with Gasteiger partial charge in [0.25, 0.3) is 0 Å². The maximum atomic E-state index is 10.2. The van der Waals surface area contributed by atoms with E-state index in [1.165, 1.54) is 0 Å². The summed E-state index contributed by atoms with van der Waals surface area (Å²) in [6.07, 6.45) is 1.62. The molecule has 0 bridgehead atoms. The molecule has 2 atom stereocenters. The SMILES string of the molecule is CCSCCCC(CN)(c1ccccc1)C(C)O. The number of nitrogens with two attached hydrogens (primary N) is 1. The van der Waals surface area contributed by atoms with Crippen LogP contribution in [0.2, 0.25) is 0 Å². The van der Waals surface area contributed by atoms with Crippen LogP contribution in [0.15, 0.2) is 30.3 Å². The van der Waals surface area contributed by atoms with Crippen LogP contribution in [-0.4, -0.2) is 29.3 Å². The Morgan fingerprint density at radius 1 is 1.33 bits per heavy atom. The van der Waals surface area contributed by atoms with Crippen molar-refractivity contribution >= 4 is 11.8 Å². The molecule has 0 aliphatic heterocycles. The molecule has 0 fully saturated rings. The number of rotatable bonds is 8. The van der Waals surface area contributed by atoms with Crippen molar-refractivity contribution < 1.29 is 5.11 Å². The fraction of sp³-hybridized carbons (Fsp3) is 0.600. The van der Waals surface area contributed by atoms with Crippen LogP contribution in [-0.2, 0) is 5.41 Å². The van der Waals surface area contributed by atoms with Gasteiger partial charge in [0.05, 0.1) is 6.10 Å². The molecule has 2 nitrogen and oxygen atoms in total. The van der Waals surface area contributed by atoms with Crippen molar-refractivity contribution in [2.75, 3.05) is 18.1 Å². The molecule has 0 saturated heterocycles. The first-order valence-electron chi connectivity index (χ1n) is 6.68. The standard InChI is InChI=1S/C15H25NOS/c1-3-18-11-7-10-15(12-16,13(2)17)14-8-5-4-6-9-14/h4-6,8-9,13,17H,3,7,10-12,16H2,1-2H3. The summed E-state index contributed by atoms with van der Waals surface area (Å²) in [7, 11) is 0. The number of aliphatic hydroxyl groups excluding tert-OH is 1. The van der Waals surface area contributed by atoms with E-state index in [0.717, 1.165) is 29.9 Å². The first-order chi connectivity index (χ1) is 8.67. The van der Waals surface area contributed by atoms with Gasteiger partial charge in [-0.05, 0) is 36.8 Å². The summed E-state index contributed by atoms with van der Waals surface area (Å²) in [4.78, 5) is 0. The summed E-state index contributed by atoms with van der Waals surface area (Å²) < 4.78 is 0. The molecule has 1 rings (SSSR count). The fourth-order valence-corrected chi connectivity index (χ4v) is 3.03. The van der Waals surface area contributed by atoms with Gasteiger partial charge in [0.15, 0.2) is 0 Å². The van der Waals surface area contributed by atoms with Crippen LogP contribution in [0.4, 0.5) is 0 Å². The largest absolute Gasteiger partial charge is 0.392 e. The summed E-state index contributed by atoms with van der Waals surface area (Å²) >= 11 is 1.94. The van der Waals surface area contributed by atoms with E-state index in [9.17, 15) is 5.11 Å². The average molecular weight is 267 g/mol. The van der Waals surface area contributed by atoms with Crippen molar-refractivity contribution in [1.82, 2.24) is 0 Å². The molecule has 0 aliphatic rings. The van der Waals surface area contributed by atoms with Gasteiger partial charge in [0, 0.05) is 12.0 Å². The van der Waals surface area contributed by atoms with Gasteiger partial charge in [-0.1, -0.05) is 37.3 Å². The summed E-state index contributed by atoms with van der Waals surface area (Å²) in [5.41, 5.74) is 6.85. The van der Waals surface area contributed by atoms with Crippen LogP contribution in [0.5, 0.6) is 0 Å². The van der Waals surface area contributed by atoms with Crippen molar-refractivity contribution in [3.05, 3.63) is 35.9 Å². The van der Waals surface area contributed by atoms with E-state index < -0.39 is 6.10 Å². The maximum Gasteiger partial charge on any atom is 0.0620 e. The third kappa shape index (κ3) is 3.74. The first kappa shape index (κ1) is 15.5. The third-order valence-corrected chi connectivity index (χ3v) is 4.61. The molecule has 0 aromatic heterocycles. The molecule has 0 radical (unpaired) electrons. The normalized spacial score (nSPS) is 16.2. The lowest BCUT2D eigenvalue weighted by molar-refractivity contribution is 0.0939. The number of thioether (sulfide) groups is 1. The van der Waals surface area contributed by atoms with Gasteiger partial charge in [-0.3, -0.25) is 0 Å². The Morgan fingerprint density at radius 3 is 2.50 bits per heavy atom. The minimum Gasteiger partial charge on any atom is -0.392 e. The monoisotopic (exact) mass is 267 g/mol. The lowest BCUT2D eigenvalue weighted by Crippen LogP contribution is -2.44. The van der Waals surface area contributed by atoms with Crippen LogP contribution in [0.25, 0.3) is 0 Å². The zero-order valence-corrected chi connectivity index (χ0v) is 12.2. The molecule has 3 heteroatoms. The molecule has 0 aliphatic carbocycles. The lowest BCUT2D eigenvalue weighted by atomic mass is 9.73. The quantitative estimate of drug-likeness (QED) is 0.712. The minimum absolute atomic E-state index is 0.296. The van der Waals surface area contributed by atoms with Crippen molar-refractivity contribution in [3.63, 3.8) is 0 Å². The van der Waals surface area contributed by atoms with Gasteiger partial charge >= 0.3 is 0 Å². The van der Waals surface area contributed by atoms with Gasteiger partial charge in [0.1, 0.15) is 0 Å². The smallest absolute Gasteiger partial charge is 0.0620 e. The maximum absolute atomic E-state index is 10.2. The summed E-state index contributed by atoms with van der Waals surface area (Å²) in [5, 5.41) is 10.2. The van der Waals surface area contributed by atoms with E-state index in [4.69, 9.17) is 5.73 Å². The van der Waals surface area contributed by atoms with Crippen LogP contribution in [0, 0.1) is 0 Å². The molecular formula is C15H25NOS. The minimum atomic E-state index is -0.420. The van der Waals surface area contributed by atoms with Crippen LogP contribution >= 0.6 is 11.8 Å². The number of benzene rings is 1. The van der Waals surface area contributed by atoms with Crippen molar-refractivity contribution in [3.8, 4) is 0 Å². The molecule has 18 heavy (non-hydrogen) atoms. The molecule has 1 aromatic carbocycles. The van der Waals surface area contributed by atoms with E-state index in [-0.39, 0.29) is 5.41 Å². The van der Waals surface area contributed by atoms with E-state index in [2.05, 4.69) is 19.1 Å². The number of hydrogen-bond acceptors (Lipinski definition) is 3. The molecule has 2 unspecified atom stereocenters. The Labute approximate surface area is 115 Å². The highest BCUT2D eigenvalue weighted by Gasteiger charge is 2.35. The molecular weight excluding hydrogens is 242 g/mol. The first-order valence-corrected chi connectivity index (χ1v) is 7.84. The van der Waals surface area contributed by atoms with Gasteiger partial charge < -0.3 is 10.8 Å². The van der Waals surface area contributed by atoms with E-state index >= 15 is 0 Å². The summed E-state index contributed by atoms with van der Waals surface area (Å²) in [5.74, 6) is 2.29. The Morgan fingerprint density at radius 2 is 2.00 bits per heavy atom. The molecule has 0 amide bonds. The van der Waals surface area contributed by atoms with Crippen molar-refractivity contribution in [1.29, 1.82) is 0 Å². The molecule has 102 valence electrons. The lowest BCUT2D eigenvalue weighted by Gasteiger charge is -2.36. The average Bonchev–Trinajstić information content (AvgIpc) is 2.40. The van der Waals surface area contributed by atoms with E-state index in [1.807, 2.05) is 36.9 Å². The van der Waals surface area contributed by atoms with Gasteiger partial charge in [0.2, 0.25) is 0 Å². The second-order valence-electron chi connectivity index (χ2n) is 4.70. The Hall–Kier alpha value is -0.510. The van der Waals surface area contributed by atoms with Crippen molar-refractivity contribution in [2.45, 2.75) is 38.2 Å². The van der Waals surface area contributed by atoms with Crippen LogP contribution < -0.4 is 5.73 Å². The molecule has 1 aromatic rings. The zero-order valence-electron chi connectivity index (χ0n) is 11.4. The van der Waals surface area contributed by atoms with Gasteiger partial charge in [-0.15, -0.1) is 0 Å². The van der Waals surface area contributed by atoms with Crippen LogP contribution in [0.3, 0.4) is 0 Å². The molecule has 0 heterocycles. The Balaban J connectivity index is 2.82. The van der Waals surface area contributed by atoms with Crippen molar-refractivity contribution in [2.24, 2.45) is 5.73 Å². The fourth-order valence-electron chi connectivity index (χ4n) is 2.39. The van der Waals surface area contributed by atoms with Crippen LogP contribution in [0.1, 0.15) is 32.3 Å². The summed E-state index contributed by atoms with van der Waals surface area (Å²) in [6.45, 7) is 4.52. The Kier molecular flexibility index (Phi) is 6.76. The zero-order chi connectivity index (χ0) is 13.4. The van der Waals surface area contributed by atoms with E-state index in [1.54, 1.807) is 0 Å². The second kappa shape index (κ2) is 7.82. The highest BCUT2D eigenvalue weighted by atomic mass is 32.2. The summed E-state index contributed by atoms with van der Waals surface area (Å²) in [6, 6.07) is 10.2. The van der Waals surface area contributed by atoms with Gasteiger partial charge in [-0.2, -0.15) is 11.8 Å². The molecule has 0 saturated carbocycles.